The Morgan fingerprint density at radius 3 is 2.58 bits per heavy atom. The highest BCUT2D eigenvalue weighted by Crippen LogP contribution is 2.28. The first-order chi connectivity index (χ1) is 19.2. The van der Waals surface area contributed by atoms with Crippen LogP contribution in [0, 0.1) is 6.92 Å². The van der Waals surface area contributed by atoms with Crippen molar-refractivity contribution in [2.24, 2.45) is 0 Å². The molecule has 0 spiro atoms. The number of fused-ring (bicyclic) bond motifs is 1. The van der Waals surface area contributed by atoms with Crippen molar-refractivity contribution in [1.29, 1.82) is 0 Å². The van der Waals surface area contributed by atoms with Crippen LogP contribution in [0.2, 0.25) is 0 Å². The maximum absolute atomic E-state index is 13.6. The number of hydrogen-bond acceptors (Lipinski definition) is 4. The van der Waals surface area contributed by atoms with Gasteiger partial charge in [-0.3, -0.25) is 19.1 Å². The summed E-state index contributed by atoms with van der Waals surface area (Å²) in [5, 5.41) is 20.3. The van der Waals surface area contributed by atoms with E-state index in [0.29, 0.717) is 30.6 Å². The van der Waals surface area contributed by atoms with E-state index in [9.17, 15) is 14.4 Å². The van der Waals surface area contributed by atoms with E-state index >= 15 is 0 Å². The number of carbonyl (C=O) groups is 3. The molecule has 4 aromatic rings. The number of nitrogens with one attached hydrogen (secondary N) is 2. The summed E-state index contributed by atoms with van der Waals surface area (Å²) in [6.45, 7) is 6.50. The minimum Gasteiger partial charge on any atom is -0.481 e. The molecule has 4 rings (SSSR count). The number of aromatic nitrogens is 3. The number of anilines is 1. The van der Waals surface area contributed by atoms with E-state index in [1.807, 2.05) is 66.0 Å². The van der Waals surface area contributed by atoms with Crippen molar-refractivity contribution in [3.05, 3.63) is 82.8 Å². The fourth-order valence-corrected chi connectivity index (χ4v) is 4.98. The van der Waals surface area contributed by atoms with Crippen molar-refractivity contribution >= 4 is 34.4 Å². The summed E-state index contributed by atoms with van der Waals surface area (Å²) in [5.41, 5.74) is 6.05. The van der Waals surface area contributed by atoms with Gasteiger partial charge in [0.2, 0.25) is 5.91 Å². The van der Waals surface area contributed by atoms with E-state index in [1.54, 1.807) is 19.2 Å². The second-order valence-corrected chi connectivity index (χ2v) is 10.2. The molecule has 0 saturated heterocycles. The molecule has 0 fully saturated rings. The second kappa shape index (κ2) is 12.6. The van der Waals surface area contributed by atoms with E-state index in [4.69, 9.17) is 5.11 Å². The molecule has 0 saturated carbocycles. The van der Waals surface area contributed by atoms with Gasteiger partial charge in [0.25, 0.3) is 5.91 Å². The van der Waals surface area contributed by atoms with Crippen molar-refractivity contribution < 1.29 is 19.5 Å². The molecule has 0 aliphatic rings. The van der Waals surface area contributed by atoms with Gasteiger partial charge in [0.05, 0.1) is 12.7 Å². The van der Waals surface area contributed by atoms with Crippen LogP contribution in [0.4, 0.5) is 5.69 Å². The normalized spacial score (nSPS) is 11.9. The Morgan fingerprint density at radius 1 is 1.05 bits per heavy atom. The molecular formula is C31H37N5O4. The highest BCUT2D eigenvalue weighted by molar-refractivity contribution is 6.00. The molecule has 3 N–H and O–H groups in total. The highest BCUT2D eigenvalue weighted by Gasteiger charge is 2.20. The number of aliphatic carboxylic acids is 1. The molecule has 1 unspecified atom stereocenters. The molecule has 0 aliphatic heterocycles. The Kier molecular flexibility index (Phi) is 9.04. The number of hydrogen-bond donors (Lipinski definition) is 3. The van der Waals surface area contributed by atoms with Gasteiger partial charge in [-0.1, -0.05) is 31.5 Å². The van der Waals surface area contributed by atoms with E-state index in [-0.39, 0.29) is 18.2 Å². The summed E-state index contributed by atoms with van der Waals surface area (Å²) in [6.07, 6.45) is 8.93. The topological polar surface area (TPSA) is 118 Å². The fourth-order valence-electron chi connectivity index (χ4n) is 4.98. The zero-order valence-electron chi connectivity index (χ0n) is 23.5. The molecule has 2 aromatic carbocycles. The van der Waals surface area contributed by atoms with Gasteiger partial charge >= 0.3 is 5.97 Å². The molecule has 1 atom stereocenters. The van der Waals surface area contributed by atoms with E-state index in [0.717, 1.165) is 40.4 Å². The Bertz CT molecular complexity index is 1530. The van der Waals surface area contributed by atoms with E-state index in [1.165, 1.54) is 5.56 Å². The average Bonchev–Trinajstić information content (AvgIpc) is 3.52. The Morgan fingerprint density at radius 2 is 1.85 bits per heavy atom. The Hall–Kier alpha value is -4.40. The first kappa shape index (κ1) is 28.6. The third-order valence-electron chi connectivity index (χ3n) is 7.16. The number of amides is 2. The van der Waals surface area contributed by atoms with E-state index in [2.05, 4.69) is 22.7 Å². The summed E-state index contributed by atoms with van der Waals surface area (Å²) in [5.74, 6) is -1.24. The lowest BCUT2D eigenvalue weighted by molar-refractivity contribution is -0.137. The first-order valence-corrected chi connectivity index (χ1v) is 13.7. The number of carbonyl (C=O) groups excluding carboxylic acids is 2. The molecule has 9 heteroatoms. The lowest BCUT2D eigenvalue weighted by atomic mass is 10.0. The van der Waals surface area contributed by atoms with Crippen LogP contribution >= 0.6 is 0 Å². The van der Waals surface area contributed by atoms with Gasteiger partial charge in [-0.15, -0.1) is 0 Å². The fraction of sp³-hybridized carbons (Fsp3) is 0.355. The van der Waals surface area contributed by atoms with Crippen LogP contribution in [0.25, 0.3) is 10.9 Å². The van der Waals surface area contributed by atoms with Crippen LogP contribution in [0.5, 0.6) is 0 Å². The molecule has 9 nitrogen and oxygen atoms in total. The largest absolute Gasteiger partial charge is 0.481 e. The lowest BCUT2D eigenvalue weighted by Crippen LogP contribution is -2.24. The predicted molar refractivity (Wildman–Crippen MR) is 156 cm³/mol. The smallest absolute Gasteiger partial charge is 0.303 e. The summed E-state index contributed by atoms with van der Waals surface area (Å²) >= 11 is 0. The molecule has 40 heavy (non-hydrogen) atoms. The van der Waals surface area contributed by atoms with Crippen molar-refractivity contribution in [3.8, 4) is 0 Å². The van der Waals surface area contributed by atoms with Crippen LogP contribution in [0.15, 0.2) is 55.0 Å². The maximum atomic E-state index is 13.6. The number of nitrogens with zero attached hydrogens (tertiary/aromatic N) is 3. The number of rotatable bonds is 12. The number of carboxylic acids is 1. The zero-order valence-corrected chi connectivity index (χ0v) is 23.5. The SMILES string of the molecule is CCCc1cnn(Cc2ccc(CCCC(=O)O)c(NC(=O)C(C)n3cc(C)c4ccc(C(=O)NC)cc43)c2)c1. The molecule has 210 valence electrons. The van der Waals surface area contributed by atoms with Crippen LogP contribution in [0.3, 0.4) is 0 Å². The standard InChI is InChI=1S/C31H37N5O4/c1-5-7-23-16-33-35(19-23)18-22-10-11-24(8-6-9-29(37)38)27(14-22)34-30(39)21(3)36-17-20(2)26-13-12-25(15-28(26)36)31(40)32-4/h10-17,19,21H,5-9,18H2,1-4H3,(H,32,40)(H,34,39)(H,37,38). The zero-order chi connectivity index (χ0) is 28.8. The van der Waals surface area contributed by atoms with Gasteiger partial charge in [-0.2, -0.15) is 5.10 Å². The van der Waals surface area contributed by atoms with Crippen LogP contribution in [-0.4, -0.2) is 44.3 Å². The Labute approximate surface area is 234 Å². The number of carboxylic acid groups (broad SMARTS) is 1. The van der Waals surface area contributed by atoms with Crippen LogP contribution in [0.1, 0.15) is 71.8 Å². The van der Waals surface area contributed by atoms with Gasteiger partial charge in [0, 0.05) is 48.0 Å². The highest BCUT2D eigenvalue weighted by atomic mass is 16.4. The van der Waals surface area contributed by atoms with Crippen molar-refractivity contribution in [1.82, 2.24) is 19.7 Å². The summed E-state index contributed by atoms with van der Waals surface area (Å²) < 4.78 is 3.77. The molecule has 0 bridgehead atoms. The average molecular weight is 544 g/mol. The molecule has 2 heterocycles. The number of aryl methyl sites for hydroxylation is 3. The van der Waals surface area contributed by atoms with Crippen molar-refractivity contribution in [2.75, 3.05) is 12.4 Å². The summed E-state index contributed by atoms with van der Waals surface area (Å²) in [7, 11) is 1.59. The maximum Gasteiger partial charge on any atom is 0.303 e. The van der Waals surface area contributed by atoms with E-state index < -0.39 is 12.0 Å². The second-order valence-electron chi connectivity index (χ2n) is 10.2. The molecule has 2 amide bonds. The van der Waals surface area contributed by atoms with Gasteiger partial charge in [-0.25, -0.2) is 0 Å². The third kappa shape index (κ3) is 6.59. The van der Waals surface area contributed by atoms with Crippen LogP contribution < -0.4 is 10.6 Å². The summed E-state index contributed by atoms with van der Waals surface area (Å²) in [6, 6.07) is 10.8. The molecule has 2 aromatic heterocycles. The van der Waals surface area contributed by atoms with Crippen LogP contribution in [-0.2, 0) is 29.0 Å². The number of benzene rings is 2. The van der Waals surface area contributed by atoms with Gasteiger partial charge < -0.3 is 20.3 Å². The van der Waals surface area contributed by atoms with Gasteiger partial charge in [0.15, 0.2) is 0 Å². The molecule has 0 radical (unpaired) electrons. The van der Waals surface area contributed by atoms with Gasteiger partial charge in [0.1, 0.15) is 6.04 Å². The van der Waals surface area contributed by atoms with Gasteiger partial charge in [-0.05, 0) is 73.6 Å². The van der Waals surface area contributed by atoms with Crippen molar-refractivity contribution in [3.63, 3.8) is 0 Å². The summed E-state index contributed by atoms with van der Waals surface area (Å²) in [4.78, 5) is 36.9. The lowest BCUT2D eigenvalue weighted by Gasteiger charge is -2.18. The minimum atomic E-state index is -0.844. The first-order valence-electron chi connectivity index (χ1n) is 13.7. The molecular weight excluding hydrogens is 506 g/mol. The third-order valence-corrected chi connectivity index (χ3v) is 7.16. The minimum absolute atomic E-state index is 0.0569. The Balaban J connectivity index is 1.61. The quantitative estimate of drug-likeness (QED) is 0.229. The molecule has 0 aliphatic carbocycles. The van der Waals surface area contributed by atoms with Crippen molar-refractivity contribution in [2.45, 2.75) is 65.5 Å². The monoisotopic (exact) mass is 543 g/mol. The predicted octanol–water partition coefficient (Wildman–Crippen LogP) is 5.11.